The van der Waals surface area contributed by atoms with E-state index in [0.29, 0.717) is 5.57 Å². The minimum Gasteiger partial charge on any atom is -0.204 e. The van der Waals surface area contributed by atoms with Gasteiger partial charge in [-0.05, 0) is 30.8 Å². The molecule has 102 valence electrons. The van der Waals surface area contributed by atoms with Gasteiger partial charge in [0.2, 0.25) is 0 Å². The first-order valence-electron chi connectivity index (χ1n) is 6.92. The molecule has 1 aliphatic rings. The van der Waals surface area contributed by atoms with E-state index in [2.05, 4.69) is 20.1 Å². The number of allylic oxidation sites excluding steroid dienone is 4. The Morgan fingerprint density at radius 1 is 1.11 bits per heavy atom. The van der Waals surface area contributed by atoms with Gasteiger partial charge in [0.1, 0.15) is 0 Å². The Bertz CT molecular complexity index is 320. The fourth-order valence-electron chi connectivity index (χ4n) is 2.65. The lowest BCUT2D eigenvalue weighted by atomic mass is 9.78. The zero-order valence-corrected chi connectivity index (χ0v) is 11.4. The second kappa shape index (κ2) is 7.50. The molecule has 0 saturated heterocycles. The van der Waals surface area contributed by atoms with E-state index >= 15 is 0 Å². The molecule has 1 fully saturated rings. The Morgan fingerprint density at radius 3 is 2.17 bits per heavy atom. The highest BCUT2D eigenvalue weighted by molar-refractivity contribution is 5.25. The third-order valence-electron chi connectivity index (χ3n) is 4.01. The van der Waals surface area contributed by atoms with Crippen LogP contribution in [0.15, 0.2) is 36.5 Å². The van der Waals surface area contributed by atoms with Crippen molar-refractivity contribution in [3.63, 3.8) is 0 Å². The predicted octanol–water partition coefficient (Wildman–Crippen LogP) is 5.88. The number of hydrogen-bond acceptors (Lipinski definition) is 0. The van der Waals surface area contributed by atoms with Gasteiger partial charge in [0.05, 0.1) is 0 Å². The van der Waals surface area contributed by atoms with Gasteiger partial charge in [-0.25, -0.2) is 8.78 Å². The van der Waals surface area contributed by atoms with Crippen LogP contribution in [0.3, 0.4) is 0 Å². The molecule has 0 N–H and O–H groups in total. The smallest absolute Gasteiger partial charge is 0.158 e. The fourth-order valence-corrected chi connectivity index (χ4v) is 2.65. The molecule has 0 atom stereocenters. The van der Waals surface area contributed by atoms with E-state index < -0.39 is 11.7 Å². The van der Waals surface area contributed by atoms with Crippen molar-refractivity contribution in [3.05, 3.63) is 36.5 Å². The molecule has 0 aromatic rings. The molecule has 0 aromatic heterocycles. The quantitative estimate of drug-likeness (QED) is 0.519. The van der Waals surface area contributed by atoms with Crippen molar-refractivity contribution in [2.24, 2.45) is 11.8 Å². The molecular formula is C16H24F2. The van der Waals surface area contributed by atoms with Gasteiger partial charge in [-0.2, -0.15) is 0 Å². The van der Waals surface area contributed by atoms with Crippen LogP contribution in [0.5, 0.6) is 0 Å². The molecule has 0 amide bonds. The lowest BCUT2D eigenvalue weighted by Crippen LogP contribution is -2.13. The maximum absolute atomic E-state index is 13.0. The normalized spacial score (nSPS) is 24.9. The lowest BCUT2D eigenvalue weighted by molar-refractivity contribution is 0.259. The Kier molecular flexibility index (Phi) is 6.31. The van der Waals surface area contributed by atoms with Crippen molar-refractivity contribution >= 4 is 0 Å². The average molecular weight is 254 g/mol. The van der Waals surface area contributed by atoms with Gasteiger partial charge in [-0.1, -0.05) is 57.8 Å². The van der Waals surface area contributed by atoms with Crippen LogP contribution in [0.2, 0.25) is 0 Å². The van der Waals surface area contributed by atoms with E-state index in [0.717, 1.165) is 24.7 Å². The van der Waals surface area contributed by atoms with E-state index in [1.807, 2.05) is 0 Å². The maximum Gasteiger partial charge on any atom is 0.158 e. The van der Waals surface area contributed by atoms with Gasteiger partial charge in [-0.15, -0.1) is 0 Å². The van der Waals surface area contributed by atoms with Crippen molar-refractivity contribution < 1.29 is 8.78 Å². The van der Waals surface area contributed by atoms with E-state index in [9.17, 15) is 8.78 Å². The van der Waals surface area contributed by atoms with Gasteiger partial charge >= 0.3 is 0 Å². The highest BCUT2D eigenvalue weighted by Crippen LogP contribution is 2.33. The van der Waals surface area contributed by atoms with Gasteiger partial charge in [0.15, 0.2) is 11.7 Å². The van der Waals surface area contributed by atoms with Crippen LogP contribution in [0.4, 0.5) is 8.78 Å². The van der Waals surface area contributed by atoms with E-state index in [4.69, 9.17) is 0 Å². The van der Waals surface area contributed by atoms with Gasteiger partial charge in [-0.3, -0.25) is 0 Å². The molecule has 0 spiro atoms. The average Bonchev–Trinajstić information content (AvgIpc) is 2.36. The molecule has 0 heterocycles. The molecule has 2 heteroatoms. The zero-order valence-electron chi connectivity index (χ0n) is 11.4. The van der Waals surface area contributed by atoms with Crippen LogP contribution < -0.4 is 0 Å². The van der Waals surface area contributed by atoms with Crippen molar-refractivity contribution in [2.75, 3.05) is 0 Å². The molecule has 1 rings (SSSR count). The van der Waals surface area contributed by atoms with E-state index in [-0.39, 0.29) is 0 Å². The van der Waals surface area contributed by atoms with Crippen LogP contribution in [-0.2, 0) is 0 Å². The maximum atomic E-state index is 13.0. The van der Waals surface area contributed by atoms with Crippen LogP contribution in [0.1, 0.15) is 51.9 Å². The summed E-state index contributed by atoms with van der Waals surface area (Å²) in [5, 5.41) is 0. The zero-order chi connectivity index (χ0) is 13.5. The third kappa shape index (κ3) is 5.16. The second-order valence-electron chi connectivity index (χ2n) is 5.39. The summed E-state index contributed by atoms with van der Waals surface area (Å²) >= 11 is 0. The molecule has 0 radical (unpaired) electrons. The van der Waals surface area contributed by atoms with Gasteiger partial charge in [0.25, 0.3) is 0 Å². The summed E-state index contributed by atoms with van der Waals surface area (Å²) in [7, 11) is 0. The summed E-state index contributed by atoms with van der Waals surface area (Å²) in [5.41, 5.74) is 0.656. The molecule has 1 saturated carbocycles. The van der Waals surface area contributed by atoms with Crippen LogP contribution in [-0.4, -0.2) is 0 Å². The molecule has 0 aromatic carbocycles. The monoisotopic (exact) mass is 254 g/mol. The summed E-state index contributed by atoms with van der Waals surface area (Å²) < 4.78 is 25.4. The van der Waals surface area contributed by atoms with Crippen LogP contribution >= 0.6 is 0 Å². The first-order valence-corrected chi connectivity index (χ1v) is 6.92. The Balaban J connectivity index is 2.27. The SMILES string of the molecule is C=C(/C=C(/F)C(=C)F)CCC1CCC(CC)CC1. The van der Waals surface area contributed by atoms with E-state index in [1.165, 1.54) is 38.2 Å². The summed E-state index contributed by atoms with van der Waals surface area (Å²) in [6, 6.07) is 0. The molecule has 0 bridgehead atoms. The van der Waals surface area contributed by atoms with Crippen LogP contribution in [0.25, 0.3) is 0 Å². The summed E-state index contributed by atoms with van der Waals surface area (Å²) in [6.07, 6.45) is 9.42. The van der Waals surface area contributed by atoms with E-state index in [1.54, 1.807) is 0 Å². The lowest BCUT2D eigenvalue weighted by Gasteiger charge is -2.27. The standard InChI is InChI=1S/C16H24F2/c1-4-14-7-9-15(10-8-14)6-5-12(2)11-16(18)13(3)17/h11,14-15H,2-10H2,1H3/b16-11+. The molecule has 1 aliphatic carbocycles. The predicted molar refractivity (Wildman–Crippen MR) is 73.6 cm³/mol. The minimum absolute atomic E-state index is 0.656. The highest BCUT2D eigenvalue weighted by atomic mass is 19.2. The van der Waals surface area contributed by atoms with Crippen LogP contribution in [0, 0.1) is 11.8 Å². The van der Waals surface area contributed by atoms with Crippen molar-refractivity contribution in [1.29, 1.82) is 0 Å². The summed E-state index contributed by atoms with van der Waals surface area (Å²) in [4.78, 5) is 0. The van der Waals surface area contributed by atoms with Gasteiger partial charge < -0.3 is 0 Å². The highest BCUT2D eigenvalue weighted by Gasteiger charge is 2.19. The number of rotatable bonds is 6. The molecule has 18 heavy (non-hydrogen) atoms. The van der Waals surface area contributed by atoms with Crippen molar-refractivity contribution in [3.8, 4) is 0 Å². The Labute approximate surface area is 109 Å². The molecule has 0 aliphatic heterocycles. The van der Waals surface area contributed by atoms with Gasteiger partial charge in [0, 0.05) is 0 Å². The molecule has 0 unspecified atom stereocenters. The number of hydrogen-bond donors (Lipinski definition) is 0. The largest absolute Gasteiger partial charge is 0.204 e. The second-order valence-corrected chi connectivity index (χ2v) is 5.39. The Morgan fingerprint density at radius 2 is 1.67 bits per heavy atom. The minimum atomic E-state index is -1.01. The van der Waals surface area contributed by atoms with Crippen molar-refractivity contribution in [1.82, 2.24) is 0 Å². The first kappa shape index (κ1) is 15.1. The first-order chi connectivity index (χ1) is 8.52. The van der Waals surface area contributed by atoms with Crippen molar-refractivity contribution in [2.45, 2.75) is 51.9 Å². The molecular weight excluding hydrogens is 230 g/mol. The fraction of sp³-hybridized carbons (Fsp3) is 0.625. The third-order valence-corrected chi connectivity index (χ3v) is 4.01. The molecule has 0 nitrogen and oxygen atoms in total. The topological polar surface area (TPSA) is 0 Å². The summed E-state index contributed by atoms with van der Waals surface area (Å²) in [6.45, 7) is 8.95. The summed E-state index contributed by atoms with van der Waals surface area (Å²) in [5.74, 6) is -0.277. The number of halogens is 2. The Hall–Kier alpha value is -0.920.